The number of rotatable bonds is 6. The summed E-state index contributed by atoms with van der Waals surface area (Å²) < 4.78 is 5.37. The molecule has 0 radical (unpaired) electrons. The summed E-state index contributed by atoms with van der Waals surface area (Å²) in [4.78, 5) is 15.9. The average molecular weight is 378 g/mol. The molecule has 4 rings (SSSR count). The molecule has 8 nitrogen and oxygen atoms in total. The van der Waals surface area contributed by atoms with Crippen LogP contribution in [-0.4, -0.2) is 57.3 Å². The Kier molecular flexibility index (Phi) is 5.69. The molecule has 28 heavy (non-hydrogen) atoms. The Labute approximate surface area is 163 Å². The number of ether oxygens (including phenoxy) is 1. The number of hydrogen-bond donors (Lipinski definition) is 1. The normalized spacial score (nSPS) is 14.7. The molecule has 1 N–H and O–H groups in total. The first-order valence-electron chi connectivity index (χ1n) is 9.28. The number of aromatic nitrogens is 4. The van der Waals surface area contributed by atoms with Gasteiger partial charge < -0.3 is 10.1 Å². The topological polar surface area (TPSA) is 85.2 Å². The number of benzene rings is 2. The van der Waals surface area contributed by atoms with E-state index in [2.05, 4.69) is 25.6 Å². The van der Waals surface area contributed by atoms with Crippen LogP contribution in [0.15, 0.2) is 54.6 Å². The van der Waals surface area contributed by atoms with Crippen molar-refractivity contribution in [1.29, 1.82) is 0 Å². The number of morpholine rings is 1. The Balaban J connectivity index is 1.30. The summed E-state index contributed by atoms with van der Waals surface area (Å²) in [5, 5.41) is 15.1. The van der Waals surface area contributed by atoms with E-state index < -0.39 is 0 Å². The number of amides is 1. The third kappa shape index (κ3) is 4.79. The van der Waals surface area contributed by atoms with Crippen LogP contribution in [0.2, 0.25) is 0 Å². The van der Waals surface area contributed by atoms with Crippen molar-refractivity contribution in [3.63, 3.8) is 0 Å². The van der Waals surface area contributed by atoms with Gasteiger partial charge in [0.2, 0.25) is 11.7 Å². The molecule has 0 unspecified atom stereocenters. The van der Waals surface area contributed by atoms with Crippen LogP contribution in [0.4, 0.5) is 5.69 Å². The van der Waals surface area contributed by atoms with E-state index in [4.69, 9.17) is 4.74 Å². The number of anilines is 1. The molecule has 144 valence electrons. The van der Waals surface area contributed by atoms with Crippen LogP contribution in [-0.2, 0) is 22.6 Å². The van der Waals surface area contributed by atoms with Gasteiger partial charge in [-0.05, 0) is 22.9 Å². The fourth-order valence-electron chi connectivity index (χ4n) is 3.05. The van der Waals surface area contributed by atoms with Gasteiger partial charge in [-0.3, -0.25) is 9.69 Å². The van der Waals surface area contributed by atoms with Gasteiger partial charge in [0.05, 0.1) is 13.2 Å². The molecule has 1 aliphatic heterocycles. The average Bonchev–Trinajstić information content (AvgIpc) is 3.19. The van der Waals surface area contributed by atoms with E-state index in [-0.39, 0.29) is 12.5 Å². The maximum absolute atomic E-state index is 12.3. The molecular formula is C20H22N6O2. The Morgan fingerprint density at radius 1 is 1.04 bits per heavy atom. The molecule has 8 heteroatoms. The van der Waals surface area contributed by atoms with Gasteiger partial charge in [0.15, 0.2) is 0 Å². The highest BCUT2D eigenvalue weighted by Gasteiger charge is 2.12. The lowest BCUT2D eigenvalue weighted by Crippen LogP contribution is -2.35. The molecule has 0 saturated carbocycles. The highest BCUT2D eigenvalue weighted by atomic mass is 16.5. The molecule has 0 spiro atoms. The standard InChI is InChI=1S/C20H22N6O2/c27-19(15-26-23-20(22-24-26)17-4-2-1-3-5-17)21-18-8-6-16(7-9-18)14-25-10-12-28-13-11-25/h1-9H,10-15H2,(H,21,27). The monoisotopic (exact) mass is 378 g/mol. The van der Waals surface area contributed by atoms with Gasteiger partial charge in [0.25, 0.3) is 0 Å². The van der Waals surface area contributed by atoms with Crippen LogP contribution < -0.4 is 5.32 Å². The van der Waals surface area contributed by atoms with Gasteiger partial charge >= 0.3 is 0 Å². The number of nitrogens with one attached hydrogen (secondary N) is 1. The summed E-state index contributed by atoms with van der Waals surface area (Å²) in [6, 6.07) is 17.4. The van der Waals surface area contributed by atoms with Crippen molar-refractivity contribution in [2.75, 3.05) is 31.6 Å². The number of tetrazole rings is 1. The van der Waals surface area contributed by atoms with E-state index in [1.165, 1.54) is 10.4 Å². The second-order valence-corrected chi connectivity index (χ2v) is 6.64. The summed E-state index contributed by atoms with van der Waals surface area (Å²) in [5.41, 5.74) is 2.83. The zero-order valence-corrected chi connectivity index (χ0v) is 15.5. The number of carbonyl (C=O) groups is 1. The zero-order chi connectivity index (χ0) is 19.2. The molecule has 1 aromatic heterocycles. The maximum atomic E-state index is 12.3. The van der Waals surface area contributed by atoms with E-state index in [0.29, 0.717) is 5.82 Å². The smallest absolute Gasteiger partial charge is 0.248 e. The lowest BCUT2D eigenvalue weighted by atomic mass is 10.2. The second-order valence-electron chi connectivity index (χ2n) is 6.64. The molecule has 2 heterocycles. The fourth-order valence-corrected chi connectivity index (χ4v) is 3.05. The van der Waals surface area contributed by atoms with E-state index in [1.54, 1.807) is 0 Å². The van der Waals surface area contributed by atoms with Gasteiger partial charge in [0, 0.05) is 30.9 Å². The van der Waals surface area contributed by atoms with Gasteiger partial charge in [-0.1, -0.05) is 42.5 Å². The summed E-state index contributed by atoms with van der Waals surface area (Å²) in [5.74, 6) is 0.304. The minimum Gasteiger partial charge on any atom is -0.379 e. The number of nitrogens with zero attached hydrogens (tertiary/aromatic N) is 5. The fraction of sp³-hybridized carbons (Fsp3) is 0.300. The van der Waals surface area contributed by atoms with Crippen molar-refractivity contribution < 1.29 is 9.53 Å². The first-order chi connectivity index (χ1) is 13.8. The van der Waals surface area contributed by atoms with Crippen LogP contribution in [0.5, 0.6) is 0 Å². The predicted molar refractivity (Wildman–Crippen MR) is 104 cm³/mol. The molecule has 0 atom stereocenters. The second kappa shape index (κ2) is 8.73. The molecule has 0 aliphatic carbocycles. The molecule has 1 saturated heterocycles. The van der Waals surface area contributed by atoms with Gasteiger partial charge in [-0.15, -0.1) is 10.2 Å². The van der Waals surface area contributed by atoms with Gasteiger partial charge in [0.1, 0.15) is 6.54 Å². The SMILES string of the molecule is O=C(Cn1nnc(-c2ccccc2)n1)Nc1ccc(CN2CCOCC2)cc1. The lowest BCUT2D eigenvalue weighted by molar-refractivity contribution is -0.117. The Bertz CT molecular complexity index is 904. The first kappa shape index (κ1) is 18.3. The molecular weight excluding hydrogens is 356 g/mol. The number of carbonyl (C=O) groups excluding carboxylic acids is 1. The van der Waals surface area contributed by atoms with Gasteiger partial charge in [-0.2, -0.15) is 4.80 Å². The quantitative estimate of drug-likeness (QED) is 0.704. The largest absolute Gasteiger partial charge is 0.379 e. The van der Waals surface area contributed by atoms with Crippen molar-refractivity contribution in [3.8, 4) is 11.4 Å². The van der Waals surface area contributed by atoms with E-state index in [9.17, 15) is 4.79 Å². The zero-order valence-electron chi connectivity index (χ0n) is 15.5. The summed E-state index contributed by atoms with van der Waals surface area (Å²) in [7, 11) is 0. The maximum Gasteiger partial charge on any atom is 0.248 e. The molecule has 1 fully saturated rings. The summed E-state index contributed by atoms with van der Waals surface area (Å²) in [6.45, 7) is 4.38. The van der Waals surface area contributed by atoms with Crippen LogP contribution >= 0.6 is 0 Å². The highest BCUT2D eigenvalue weighted by Crippen LogP contribution is 2.13. The first-order valence-corrected chi connectivity index (χ1v) is 9.28. The molecule has 1 amide bonds. The highest BCUT2D eigenvalue weighted by molar-refractivity contribution is 5.90. The van der Waals surface area contributed by atoms with Crippen LogP contribution in [0.3, 0.4) is 0 Å². The molecule has 2 aromatic carbocycles. The third-order valence-corrected chi connectivity index (χ3v) is 4.52. The van der Waals surface area contributed by atoms with E-state index in [0.717, 1.165) is 44.1 Å². The summed E-state index contributed by atoms with van der Waals surface area (Å²) in [6.07, 6.45) is 0. The molecule has 3 aromatic rings. The minimum atomic E-state index is -0.196. The Morgan fingerprint density at radius 2 is 1.79 bits per heavy atom. The molecule has 1 aliphatic rings. The van der Waals surface area contributed by atoms with Crippen molar-refractivity contribution in [1.82, 2.24) is 25.1 Å². The Morgan fingerprint density at radius 3 is 2.54 bits per heavy atom. The van der Waals surface area contributed by atoms with Crippen molar-refractivity contribution in [2.45, 2.75) is 13.1 Å². The van der Waals surface area contributed by atoms with E-state index in [1.807, 2.05) is 54.6 Å². The van der Waals surface area contributed by atoms with E-state index >= 15 is 0 Å². The van der Waals surface area contributed by atoms with Crippen LogP contribution in [0.1, 0.15) is 5.56 Å². The summed E-state index contributed by atoms with van der Waals surface area (Å²) >= 11 is 0. The Hall–Kier alpha value is -3.10. The molecule has 0 bridgehead atoms. The lowest BCUT2D eigenvalue weighted by Gasteiger charge is -2.26. The van der Waals surface area contributed by atoms with Crippen molar-refractivity contribution >= 4 is 11.6 Å². The van der Waals surface area contributed by atoms with Crippen molar-refractivity contribution in [3.05, 3.63) is 60.2 Å². The predicted octanol–water partition coefficient (Wildman–Crippen LogP) is 1.81. The van der Waals surface area contributed by atoms with Crippen LogP contribution in [0, 0.1) is 0 Å². The minimum absolute atomic E-state index is 0.00929. The van der Waals surface area contributed by atoms with Crippen molar-refractivity contribution in [2.24, 2.45) is 0 Å². The third-order valence-electron chi connectivity index (χ3n) is 4.52. The van der Waals surface area contributed by atoms with Crippen LogP contribution in [0.25, 0.3) is 11.4 Å². The van der Waals surface area contributed by atoms with Gasteiger partial charge in [-0.25, -0.2) is 0 Å². The number of hydrogen-bond acceptors (Lipinski definition) is 6.